The van der Waals surface area contributed by atoms with E-state index in [4.69, 9.17) is 8.85 Å². The molecule has 0 bridgehead atoms. The van der Waals surface area contributed by atoms with Gasteiger partial charge < -0.3 is 14.2 Å². The molecule has 0 aromatic heterocycles. The first-order chi connectivity index (χ1) is 6.73. The van der Waals surface area contributed by atoms with E-state index in [1.807, 2.05) is 0 Å². The monoisotopic (exact) mass is 217 g/mol. The van der Waals surface area contributed by atoms with Crippen molar-refractivity contribution in [2.45, 2.75) is 44.3 Å². The zero-order chi connectivity index (χ0) is 10.4. The summed E-state index contributed by atoms with van der Waals surface area (Å²) in [7, 11) is 1.59. The van der Waals surface area contributed by atoms with Gasteiger partial charge in [0.1, 0.15) is 0 Å². The number of nitrogens with one attached hydrogen (secondary N) is 1. The highest BCUT2D eigenvalue weighted by molar-refractivity contribution is 6.67. The summed E-state index contributed by atoms with van der Waals surface area (Å²) in [6.07, 6.45) is 6.50. The SMILES string of the molecule is CO[Si](C)(OC)C1CCCCCCN1. The van der Waals surface area contributed by atoms with Crippen molar-refractivity contribution in [1.82, 2.24) is 5.32 Å². The lowest BCUT2D eigenvalue weighted by Crippen LogP contribution is -2.56. The molecule has 0 aromatic carbocycles. The highest BCUT2D eigenvalue weighted by Gasteiger charge is 2.38. The van der Waals surface area contributed by atoms with Crippen LogP contribution in [0.4, 0.5) is 0 Å². The topological polar surface area (TPSA) is 30.5 Å². The Morgan fingerprint density at radius 3 is 2.36 bits per heavy atom. The van der Waals surface area contributed by atoms with Crippen LogP contribution in [0.2, 0.25) is 6.55 Å². The van der Waals surface area contributed by atoms with Crippen molar-refractivity contribution in [2.24, 2.45) is 0 Å². The Balaban J connectivity index is 2.53. The minimum Gasteiger partial charge on any atom is -0.397 e. The van der Waals surface area contributed by atoms with Gasteiger partial charge >= 0.3 is 8.56 Å². The van der Waals surface area contributed by atoms with Gasteiger partial charge in [-0.15, -0.1) is 0 Å². The Morgan fingerprint density at radius 2 is 1.71 bits per heavy atom. The molecule has 1 aliphatic heterocycles. The van der Waals surface area contributed by atoms with Gasteiger partial charge in [0.25, 0.3) is 0 Å². The van der Waals surface area contributed by atoms with Gasteiger partial charge in [-0.1, -0.05) is 19.3 Å². The summed E-state index contributed by atoms with van der Waals surface area (Å²) in [5.41, 5.74) is 0.456. The molecule has 0 spiro atoms. The molecule has 0 aliphatic carbocycles. The smallest absolute Gasteiger partial charge is 0.351 e. The largest absolute Gasteiger partial charge is 0.397 e. The zero-order valence-electron chi connectivity index (χ0n) is 9.64. The molecule has 1 atom stereocenters. The van der Waals surface area contributed by atoms with Crippen molar-refractivity contribution in [2.75, 3.05) is 20.8 Å². The lowest BCUT2D eigenvalue weighted by Gasteiger charge is -2.33. The fraction of sp³-hybridized carbons (Fsp3) is 1.00. The van der Waals surface area contributed by atoms with Crippen molar-refractivity contribution in [3.63, 3.8) is 0 Å². The first-order valence-corrected chi connectivity index (χ1v) is 7.96. The van der Waals surface area contributed by atoms with Gasteiger partial charge in [0.05, 0.1) is 5.67 Å². The lowest BCUT2D eigenvalue weighted by atomic mass is 10.1. The Bertz CT molecular complexity index is 154. The molecule has 1 saturated heterocycles. The first-order valence-electron chi connectivity index (χ1n) is 5.56. The molecule has 0 aromatic rings. The van der Waals surface area contributed by atoms with E-state index in [-0.39, 0.29) is 0 Å². The van der Waals surface area contributed by atoms with Crippen molar-refractivity contribution >= 4 is 8.56 Å². The van der Waals surface area contributed by atoms with Crippen molar-refractivity contribution in [1.29, 1.82) is 0 Å². The van der Waals surface area contributed by atoms with Crippen LogP contribution in [-0.2, 0) is 8.85 Å². The molecule has 1 unspecified atom stereocenters. The highest BCUT2D eigenvalue weighted by Crippen LogP contribution is 2.18. The standard InChI is InChI=1S/C10H23NO2Si/c1-12-14(3,13-2)10-8-6-4-5-7-9-11-10/h10-11H,4-9H2,1-3H3. The molecule has 14 heavy (non-hydrogen) atoms. The third-order valence-electron chi connectivity index (χ3n) is 3.25. The molecule has 84 valence electrons. The van der Waals surface area contributed by atoms with E-state index in [9.17, 15) is 0 Å². The Labute approximate surface area is 88.4 Å². The Morgan fingerprint density at radius 1 is 1.07 bits per heavy atom. The van der Waals surface area contributed by atoms with Gasteiger partial charge in [0, 0.05) is 14.2 Å². The van der Waals surface area contributed by atoms with Crippen LogP contribution < -0.4 is 5.32 Å². The fourth-order valence-corrected chi connectivity index (χ4v) is 4.00. The summed E-state index contributed by atoms with van der Waals surface area (Å²) in [5, 5.41) is 3.58. The second kappa shape index (κ2) is 5.85. The van der Waals surface area contributed by atoms with Gasteiger partial charge in [-0.25, -0.2) is 0 Å². The van der Waals surface area contributed by atoms with Gasteiger partial charge in [0.2, 0.25) is 0 Å². The molecule has 3 nitrogen and oxygen atoms in total. The summed E-state index contributed by atoms with van der Waals surface area (Å²) in [6, 6.07) is 0. The first kappa shape index (κ1) is 12.2. The predicted molar refractivity (Wildman–Crippen MR) is 60.5 cm³/mol. The van der Waals surface area contributed by atoms with Crippen LogP contribution in [0.25, 0.3) is 0 Å². The number of hydrogen-bond acceptors (Lipinski definition) is 3. The molecule has 1 heterocycles. The van der Waals surface area contributed by atoms with E-state index < -0.39 is 8.56 Å². The average Bonchev–Trinajstić information content (AvgIpc) is 2.16. The lowest BCUT2D eigenvalue weighted by molar-refractivity contribution is 0.224. The molecule has 1 rings (SSSR count). The molecule has 1 N–H and O–H groups in total. The molecule has 1 aliphatic rings. The molecule has 1 fully saturated rings. The van der Waals surface area contributed by atoms with Crippen molar-refractivity contribution < 1.29 is 8.85 Å². The van der Waals surface area contributed by atoms with Crippen LogP contribution in [0.15, 0.2) is 0 Å². The van der Waals surface area contributed by atoms with E-state index in [0.29, 0.717) is 5.67 Å². The molecular formula is C10H23NO2Si. The Hall–Kier alpha value is 0.0969. The summed E-state index contributed by atoms with van der Waals surface area (Å²) in [6.45, 7) is 3.26. The predicted octanol–water partition coefficient (Wildman–Crippen LogP) is 1.81. The molecule has 0 radical (unpaired) electrons. The highest BCUT2D eigenvalue weighted by atomic mass is 28.4. The summed E-state index contributed by atoms with van der Waals surface area (Å²) in [4.78, 5) is 0. The third-order valence-corrected chi connectivity index (χ3v) is 6.63. The van der Waals surface area contributed by atoms with E-state index in [1.165, 1.54) is 32.1 Å². The van der Waals surface area contributed by atoms with Gasteiger partial charge in [-0.3, -0.25) is 0 Å². The average molecular weight is 217 g/mol. The molecular weight excluding hydrogens is 194 g/mol. The van der Waals surface area contributed by atoms with E-state index in [0.717, 1.165) is 6.54 Å². The van der Waals surface area contributed by atoms with Crippen LogP contribution in [-0.4, -0.2) is 35.0 Å². The quantitative estimate of drug-likeness (QED) is 0.731. The molecule has 4 heteroatoms. The van der Waals surface area contributed by atoms with E-state index in [2.05, 4.69) is 11.9 Å². The van der Waals surface area contributed by atoms with E-state index >= 15 is 0 Å². The van der Waals surface area contributed by atoms with Crippen LogP contribution >= 0.6 is 0 Å². The number of rotatable bonds is 3. The summed E-state index contributed by atoms with van der Waals surface area (Å²) >= 11 is 0. The minimum absolute atomic E-state index is 0.456. The van der Waals surface area contributed by atoms with Crippen molar-refractivity contribution in [3.05, 3.63) is 0 Å². The molecule has 0 amide bonds. The number of hydrogen-bond donors (Lipinski definition) is 1. The van der Waals surface area contributed by atoms with Crippen molar-refractivity contribution in [3.8, 4) is 0 Å². The van der Waals surface area contributed by atoms with Gasteiger partial charge in [0.15, 0.2) is 0 Å². The van der Waals surface area contributed by atoms with Crippen LogP contribution in [0.5, 0.6) is 0 Å². The summed E-state index contributed by atoms with van der Waals surface area (Å²) < 4.78 is 11.2. The maximum atomic E-state index is 5.58. The van der Waals surface area contributed by atoms with Gasteiger partial charge in [-0.2, -0.15) is 0 Å². The Kier molecular flexibility index (Phi) is 5.09. The maximum absolute atomic E-state index is 5.58. The minimum atomic E-state index is -1.96. The van der Waals surface area contributed by atoms with Gasteiger partial charge in [-0.05, 0) is 25.9 Å². The molecule has 0 saturated carbocycles. The second-order valence-electron chi connectivity index (χ2n) is 4.13. The maximum Gasteiger partial charge on any atom is 0.351 e. The third kappa shape index (κ3) is 3.05. The normalized spacial score (nSPS) is 25.5. The fourth-order valence-electron chi connectivity index (χ4n) is 2.02. The van der Waals surface area contributed by atoms with Crippen LogP contribution in [0.1, 0.15) is 32.1 Å². The summed E-state index contributed by atoms with van der Waals surface area (Å²) in [5.74, 6) is 0. The zero-order valence-corrected chi connectivity index (χ0v) is 10.6. The van der Waals surface area contributed by atoms with Crippen LogP contribution in [0.3, 0.4) is 0 Å². The second-order valence-corrected chi connectivity index (χ2v) is 7.68. The van der Waals surface area contributed by atoms with Crippen LogP contribution in [0, 0.1) is 0 Å². The van der Waals surface area contributed by atoms with E-state index in [1.54, 1.807) is 14.2 Å².